The van der Waals surface area contributed by atoms with E-state index in [1.165, 1.54) is 40.0 Å². The van der Waals surface area contributed by atoms with Crippen molar-refractivity contribution >= 4 is 38.5 Å². The Morgan fingerprint density at radius 2 is 1.76 bits per heavy atom. The smallest absolute Gasteiger partial charge is 0.387 e. The number of amides is 1. The van der Waals surface area contributed by atoms with E-state index in [0.717, 1.165) is 6.33 Å². The van der Waals surface area contributed by atoms with Crippen LogP contribution in [0.5, 0.6) is 0 Å². The molecule has 9 N–H and O–H groups in total. The van der Waals surface area contributed by atoms with Crippen molar-refractivity contribution in [3.63, 3.8) is 0 Å². The van der Waals surface area contributed by atoms with Crippen molar-refractivity contribution in [2.45, 2.75) is 61.9 Å². The van der Waals surface area contributed by atoms with Crippen LogP contribution < -0.4 is 16.0 Å². The Hall–Kier alpha value is -3.45. The van der Waals surface area contributed by atoms with Gasteiger partial charge in [-0.15, -0.1) is 12.3 Å². The number of aliphatic hydroxyl groups is 3. The molecule has 23 heteroatoms. The minimum absolute atomic E-state index is 0.0534. The number of ether oxygens (including phenoxy) is 3. The Kier molecular flexibility index (Phi) is 11.4. The maximum Gasteiger partial charge on any atom is 0.481 e. The number of fused-ring (bicyclic) bond motifs is 1. The predicted octanol–water partition coefficient (Wildman–Crippen LogP) is -1.58. The summed E-state index contributed by atoms with van der Waals surface area (Å²) in [6.07, 6.45) is 0.462. The topological polar surface area (TPSA) is 307 Å². The predicted molar refractivity (Wildman–Crippen MR) is 161 cm³/mol. The van der Waals surface area contributed by atoms with Gasteiger partial charge in [-0.3, -0.25) is 18.4 Å². The van der Waals surface area contributed by atoms with Crippen LogP contribution in [0.15, 0.2) is 37.2 Å². The lowest BCUT2D eigenvalue weighted by Crippen LogP contribution is -2.47. The van der Waals surface area contributed by atoms with Gasteiger partial charge in [0.1, 0.15) is 47.9 Å². The molecular formula is C26H34N7O14P2+. The first-order chi connectivity index (χ1) is 23.2. The number of phosphoric acid groups is 2. The van der Waals surface area contributed by atoms with Crippen LogP contribution in [0.25, 0.3) is 11.2 Å². The number of unbranched alkanes of at least 4 members (excludes halogenated alkanes) is 1. The Morgan fingerprint density at radius 1 is 1.06 bits per heavy atom. The number of nitrogens with two attached hydrogens (primary N) is 2. The molecule has 2 aliphatic rings. The number of nitrogens with zero attached hydrogens (tertiary/aromatic N) is 5. The van der Waals surface area contributed by atoms with Crippen LogP contribution in [0, 0.1) is 12.3 Å². The van der Waals surface area contributed by atoms with Gasteiger partial charge in [-0.05, 0) is 12.5 Å². The number of hydrogen-bond acceptors (Lipinski definition) is 16. The first-order valence-electron chi connectivity index (χ1n) is 14.5. The van der Waals surface area contributed by atoms with E-state index in [1.54, 1.807) is 0 Å². The summed E-state index contributed by atoms with van der Waals surface area (Å²) >= 11 is 0. The van der Waals surface area contributed by atoms with E-state index < -0.39 is 83.8 Å². The number of phosphoric ester groups is 2. The van der Waals surface area contributed by atoms with Crippen LogP contribution in [0.4, 0.5) is 5.82 Å². The normalized spacial score (nSPS) is 29.4. The van der Waals surface area contributed by atoms with Gasteiger partial charge in [-0.1, -0.05) is 0 Å². The molecule has 2 saturated heterocycles. The summed E-state index contributed by atoms with van der Waals surface area (Å²) in [7, 11) is -10.8. The van der Waals surface area contributed by atoms with E-state index in [1.807, 2.05) is 0 Å². The SMILES string of the molecule is C#CCCCO[C@@H]1[C@H](O)[C@@H](COP(=O)(O)OP(=O)(O)OC[C@H]2O[C@@H](n3cnc4c(N)ncnc43)[C@H](O)[C@@H]2O)O[C@H]1[n+]1cccc(C(N)=O)c1. The summed E-state index contributed by atoms with van der Waals surface area (Å²) in [6.45, 7) is -1.61. The van der Waals surface area contributed by atoms with Crippen LogP contribution in [-0.2, 0) is 36.7 Å². The largest absolute Gasteiger partial charge is 0.481 e. The molecule has 0 spiro atoms. The Labute approximate surface area is 277 Å². The third kappa shape index (κ3) is 8.48. The zero-order valence-corrected chi connectivity index (χ0v) is 27.2. The average Bonchev–Trinajstić information content (AvgIpc) is 3.71. The number of rotatable bonds is 15. The molecule has 1 amide bonds. The monoisotopic (exact) mass is 730 g/mol. The summed E-state index contributed by atoms with van der Waals surface area (Å²) in [4.78, 5) is 44.0. The standard InChI is InChI=1S/C26H33N7O14P2/c1-2-3-4-8-42-21-19(35)16(46-26(21)32-7-5-6-14(9-32)23(28)37)11-44-49(40,41)47-48(38,39)43-10-15-18(34)20(36)25(45-15)33-13-31-17-22(27)29-12-30-24(17)33/h1,5-7,9,12-13,15-16,18-21,25-26,34-36H,3-4,8,10-11H2,(H5-,27,28,29,30,37,38,39,40,41)/p+1/t15-,16-,18-,19-,20-,21-,25-,26-/m1/s1. The molecule has 3 aromatic rings. The molecule has 2 unspecified atom stereocenters. The maximum absolute atomic E-state index is 12.7. The highest BCUT2D eigenvalue weighted by Gasteiger charge is 2.51. The fourth-order valence-electron chi connectivity index (χ4n) is 5.13. The van der Waals surface area contributed by atoms with Crippen molar-refractivity contribution in [2.75, 3.05) is 25.6 Å². The lowest BCUT2D eigenvalue weighted by Gasteiger charge is -2.20. The summed E-state index contributed by atoms with van der Waals surface area (Å²) in [5.74, 6) is 1.78. The van der Waals surface area contributed by atoms with Crippen LogP contribution in [0.2, 0.25) is 0 Å². The van der Waals surface area contributed by atoms with Crippen molar-refractivity contribution in [3.05, 3.63) is 42.7 Å². The van der Waals surface area contributed by atoms with Crippen molar-refractivity contribution in [1.29, 1.82) is 0 Å². The molecule has 2 fully saturated rings. The third-order valence-corrected chi connectivity index (χ3v) is 10.1. The molecule has 0 aliphatic carbocycles. The van der Waals surface area contributed by atoms with Crippen LogP contribution in [0.3, 0.4) is 0 Å². The number of aromatic nitrogens is 5. The van der Waals surface area contributed by atoms with Crippen LogP contribution in [-0.4, -0.2) is 107 Å². The third-order valence-electron chi connectivity index (χ3n) is 7.50. The first-order valence-corrected chi connectivity index (χ1v) is 17.5. The molecule has 10 atom stereocenters. The van der Waals surface area contributed by atoms with Crippen LogP contribution >= 0.6 is 15.6 Å². The molecule has 0 aromatic carbocycles. The summed E-state index contributed by atoms with van der Waals surface area (Å²) < 4.78 is 59.1. The zero-order valence-electron chi connectivity index (χ0n) is 25.4. The molecule has 0 saturated carbocycles. The lowest BCUT2D eigenvalue weighted by atomic mass is 10.1. The quantitative estimate of drug-likeness (QED) is 0.0402. The summed E-state index contributed by atoms with van der Waals surface area (Å²) in [6, 6.07) is 2.96. The van der Waals surface area contributed by atoms with E-state index in [-0.39, 0.29) is 29.2 Å². The van der Waals surface area contributed by atoms with Gasteiger partial charge in [0.05, 0.1) is 19.5 Å². The van der Waals surface area contributed by atoms with Crippen molar-refractivity contribution in [1.82, 2.24) is 19.5 Å². The van der Waals surface area contributed by atoms with Gasteiger partial charge in [0.25, 0.3) is 12.1 Å². The zero-order chi connectivity index (χ0) is 35.5. The van der Waals surface area contributed by atoms with Crippen LogP contribution in [0.1, 0.15) is 35.7 Å². The molecule has 21 nitrogen and oxygen atoms in total. The van der Waals surface area contributed by atoms with E-state index in [2.05, 4.69) is 25.2 Å². The lowest BCUT2D eigenvalue weighted by molar-refractivity contribution is -0.766. The van der Waals surface area contributed by atoms with Gasteiger partial charge in [-0.25, -0.2) is 24.1 Å². The Bertz CT molecular complexity index is 1790. The molecule has 5 heterocycles. The molecule has 49 heavy (non-hydrogen) atoms. The maximum atomic E-state index is 12.7. The molecule has 266 valence electrons. The number of hydrogen-bond donors (Lipinski definition) is 7. The van der Waals surface area contributed by atoms with Gasteiger partial charge in [-0.2, -0.15) is 8.88 Å². The fourth-order valence-corrected chi connectivity index (χ4v) is 7.22. The number of nitrogen functional groups attached to an aromatic ring is 1. The van der Waals surface area contributed by atoms with E-state index in [4.69, 9.17) is 41.1 Å². The fraction of sp³-hybridized carbons (Fsp3) is 0.500. The van der Waals surface area contributed by atoms with Crippen molar-refractivity contribution in [2.24, 2.45) is 5.73 Å². The minimum Gasteiger partial charge on any atom is -0.387 e. The first kappa shape index (κ1) is 36.8. The van der Waals surface area contributed by atoms with E-state index >= 15 is 0 Å². The Morgan fingerprint density at radius 3 is 2.43 bits per heavy atom. The molecular weight excluding hydrogens is 696 g/mol. The van der Waals surface area contributed by atoms with Gasteiger partial charge >= 0.3 is 15.6 Å². The van der Waals surface area contributed by atoms with Crippen molar-refractivity contribution < 1.29 is 71.2 Å². The number of primary amides is 1. The second kappa shape index (κ2) is 15.2. The molecule has 5 rings (SSSR count). The average molecular weight is 731 g/mol. The summed E-state index contributed by atoms with van der Waals surface area (Å²) in [5.41, 5.74) is 11.6. The number of aliphatic hydroxyl groups excluding tert-OH is 3. The number of anilines is 1. The molecule has 0 bridgehead atoms. The Balaban J connectivity index is 1.19. The summed E-state index contributed by atoms with van der Waals surface area (Å²) in [5, 5.41) is 32.0. The minimum atomic E-state index is -5.38. The highest BCUT2D eigenvalue weighted by molar-refractivity contribution is 7.61. The number of carbonyl (C=O) groups excluding carboxylic acids is 1. The van der Waals surface area contributed by atoms with Gasteiger partial charge in [0.2, 0.25) is 0 Å². The second-order valence-corrected chi connectivity index (χ2v) is 13.9. The van der Waals surface area contributed by atoms with Gasteiger partial charge in [0.15, 0.2) is 36.2 Å². The second-order valence-electron chi connectivity index (χ2n) is 10.8. The van der Waals surface area contributed by atoms with E-state index in [9.17, 15) is 39.0 Å². The van der Waals surface area contributed by atoms with Gasteiger partial charge < -0.3 is 50.8 Å². The number of pyridine rings is 1. The highest BCUT2D eigenvalue weighted by atomic mass is 31.3. The number of terminal acetylenes is 1. The molecule has 3 aromatic heterocycles. The molecule has 0 radical (unpaired) electrons. The highest BCUT2D eigenvalue weighted by Crippen LogP contribution is 2.60. The molecule has 2 aliphatic heterocycles. The number of imidazole rings is 1. The van der Waals surface area contributed by atoms with E-state index in [0.29, 0.717) is 12.8 Å². The van der Waals surface area contributed by atoms with Crippen molar-refractivity contribution in [3.8, 4) is 12.3 Å². The number of carbonyl (C=O) groups is 1. The van der Waals surface area contributed by atoms with Gasteiger partial charge in [0, 0.05) is 19.1 Å².